The minimum atomic E-state index is -0.169. The van der Waals surface area contributed by atoms with Crippen LogP contribution >= 0.6 is 11.6 Å². The summed E-state index contributed by atoms with van der Waals surface area (Å²) in [6.07, 6.45) is 0. The second-order valence-corrected chi connectivity index (χ2v) is 4.27. The van der Waals surface area contributed by atoms with Gasteiger partial charge in [0, 0.05) is 25.6 Å². The second-order valence-electron chi connectivity index (χ2n) is 3.86. The molecule has 0 radical (unpaired) electrons. The average molecular weight is 241 g/mol. The van der Waals surface area contributed by atoms with Crippen LogP contribution in [0.2, 0.25) is 5.02 Å². The average Bonchev–Trinajstić information content (AvgIpc) is 2.20. The summed E-state index contributed by atoms with van der Waals surface area (Å²) in [6.45, 7) is 1.34. The van der Waals surface area contributed by atoms with Crippen molar-refractivity contribution >= 4 is 23.3 Å². The molecular formula is C11H13ClN2O2. The van der Waals surface area contributed by atoms with E-state index in [0.717, 1.165) is 0 Å². The lowest BCUT2D eigenvalue weighted by atomic mass is 10.0. The number of halogens is 1. The van der Waals surface area contributed by atoms with Crippen molar-refractivity contribution in [1.82, 2.24) is 4.90 Å². The standard InChI is InChI=1S/C11H13ClN2O2/c12-9-3-1-2-4-10(9)13-11(16)14-5-8(6-14)7-15/h1-4,8,15H,5-7H2,(H,13,16). The summed E-state index contributed by atoms with van der Waals surface area (Å²) in [5.74, 6) is 0.219. The normalized spacial score (nSPS) is 15.8. The van der Waals surface area contributed by atoms with E-state index in [1.54, 1.807) is 17.0 Å². The van der Waals surface area contributed by atoms with Gasteiger partial charge in [-0.25, -0.2) is 4.79 Å². The van der Waals surface area contributed by atoms with Crippen molar-refractivity contribution in [3.63, 3.8) is 0 Å². The molecular weight excluding hydrogens is 228 g/mol. The van der Waals surface area contributed by atoms with Gasteiger partial charge >= 0.3 is 6.03 Å². The largest absolute Gasteiger partial charge is 0.396 e. The molecule has 0 unspecified atom stereocenters. The Hall–Kier alpha value is -1.26. The number of amides is 2. The maximum atomic E-state index is 11.7. The van der Waals surface area contributed by atoms with Crippen LogP contribution in [0.15, 0.2) is 24.3 Å². The Morgan fingerprint density at radius 2 is 2.19 bits per heavy atom. The molecule has 1 fully saturated rings. The van der Waals surface area contributed by atoms with Crippen LogP contribution in [0.5, 0.6) is 0 Å². The number of likely N-dealkylation sites (tertiary alicyclic amines) is 1. The van der Waals surface area contributed by atoms with E-state index in [2.05, 4.69) is 5.32 Å². The van der Waals surface area contributed by atoms with Gasteiger partial charge in [-0.2, -0.15) is 0 Å². The summed E-state index contributed by atoms with van der Waals surface area (Å²) in [4.78, 5) is 13.3. The number of benzene rings is 1. The van der Waals surface area contributed by atoms with Gasteiger partial charge in [-0.1, -0.05) is 23.7 Å². The van der Waals surface area contributed by atoms with Crippen molar-refractivity contribution in [2.24, 2.45) is 5.92 Å². The predicted molar refractivity (Wildman–Crippen MR) is 62.6 cm³/mol. The van der Waals surface area contributed by atoms with Gasteiger partial charge in [0.2, 0.25) is 0 Å². The van der Waals surface area contributed by atoms with Crippen LogP contribution in [0.3, 0.4) is 0 Å². The summed E-state index contributed by atoms with van der Waals surface area (Å²) < 4.78 is 0. The Kier molecular flexibility index (Phi) is 3.31. The number of nitrogens with one attached hydrogen (secondary N) is 1. The molecule has 1 aliphatic rings. The van der Waals surface area contributed by atoms with E-state index in [1.165, 1.54) is 0 Å². The quantitative estimate of drug-likeness (QED) is 0.828. The molecule has 1 saturated heterocycles. The Morgan fingerprint density at radius 1 is 1.50 bits per heavy atom. The topological polar surface area (TPSA) is 52.6 Å². The summed E-state index contributed by atoms with van der Waals surface area (Å²) in [5, 5.41) is 12.1. The molecule has 16 heavy (non-hydrogen) atoms. The lowest BCUT2D eigenvalue weighted by molar-refractivity contribution is 0.0838. The van der Waals surface area contributed by atoms with Crippen LogP contribution in [0.1, 0.15) is 0 Å². The van der Waals surface area contributed by atoms with Crippen molar-refractivity contribution in [3.8, 4) is 0 Å². The number of hydrogen-bond donors (Lipinski definition) is 2. The minimum absolute atomic E-state index is 0.135. The second kappa shape index (κ2) is 4.72. The number of hydrogen-bond acceptors (Lipinski definition) is 2. The molecule has 0 aromatic heterocycles. The number of carbonyl (C=O) groups excluding carboxylic acids is 1. The molecule has 1 aliphatic heterocycles. The van der Waals surface area contributed by atoms with Crippen molar-refractivity contribution in [2.75, 3.05) is 25.0 Å². The highest BCUT2D eigenvalue weighted by molar-refractivity contribution is 6.33. The van der Waals surface area contributed by atoms with E-state index in [9.17, 15) is 4.79 Å². The van der Waals surface area contributed by atoms with Crippen LogP contribution in [-0.4, -0.2) is 35.7 Å². The number of nitrogens with zero attached hydrogens (tertiary/aromatic N) is 1. The van der Waals surface area contributed by atoms with E-state index in [4.69, 9.17) is 16.7 Å². The third-order valence-electron chi connectivity index (χ3n) is 2.62. The van der Waals surface area contributed by atoms with Crippen LogP contribution in [0, 0.1) is 5.92 Å². The molecule has 2 N–H and O–H groups in total. The fraction of sp³-hybridized carbons (Fsp3) is 0.364. The van der Waals surface area contributed by atoms with Crippen molar-refractivity contribution in [3.05, 3.63) is 29.3 Å². The highest BCUT2D eigenvalue weighted by Crippen LogP contribution is 2.22. The van der Waals surface area contributed by atoms with Gasteiger partial charge in [0.1, 0.15) is 0 Å². The molecule has 0 aliphatic carbocycles. The Bertz CT molecular complexity index is 391. The Labute approximate surface area is 98.8 Å². The monoisotopic (exact) mass is 240 g/mol. The first-order valence-corrected chi connectivity index (χ1v) is 5.50. The van der Waals surface area contributed by atoms with Gasteiger partial charge in [-0.3, -0.25) is 0 Å². The molecule has 2 rings (SSSR count). The van der Waals surface area contributed by atoms with Crippen LogP contribution < -0.4 is 5.32 Å². The molecule has 86 valence electrons. The molecule has 1 heterocycles. The highest BCUT2D eigenvalue weighted by Gasteiger charge is 2.29. The van der Waals surface area contributed by atoms with Crippen LogP contribution in [0.25, 0.3) is 0 Å². The fourth-order valence-electron chi connectivity index (χ4n) is 1.61. The van der Waals surface area contributed by atoms with Gasteiger partial charge in [0.25, 0.3) is 0 Å². The van der Waals surface area contributed by atoms with E-state index in [1.807, 2.05) is 12.1 Å². The summed E-state index contributed by atoms with van der Waals surface area (Å²) in [7, 11) is 0. The first-order valence-electron chi connectivity index (χ1n) is 5.12. The summed E-state index contributed by atoms with van der Waals surface area (Å²) in [5.41, 5.74) is 0.613. The number of aliphatic hydroxyl groups excluding tert-OH is 1. The van der Waals surface area contributed by atoms with Crippen molar-refractivity contribution in [1.29, 1.82) is 0 Å². The van der Waals surface area contributed by atoms with Gasteiger partial charge in [0.05, 0.1) is 10.7 Å². The lowest BCUT2D eigenvalue weighted by Crippen LogP contribution is -2.52. The molecule has 2 amide bonds. The molecule has 0 bridgehead atoms. The van der Waals surface area contributed by atoms with Gasteiger partial charge in [-0.05, 0) is 12.1 Å². The van der Waals surface area contributed by atoms with Crippen LogP contribution in [0.4, 0.5) is 10.5 Å². The molecule has 5 heteroatoms. The molecule has 1 aromatic rings. The fourth-order valence-corrected chi connectivity index (χ4v) is 1.79. The van der Waals surface area contributed by atoms with Gasteiger partial charge in [0.15, 0.2) is 0 Å². The first kappa shape index (κ1) is 11.2. The first-order chi connectivity index (χ1) is 7.70. The van der Waals surface area contributed by atoms with Gasteiger partial charge in [-0.15, -0.1) is 0 Å². The van der Waals surface area contributed by atoms with E-state index in [0.29, 0.717) is 23.8 Å². The van der Waals surface area contributed by atoms with Crippen molar-refractivity contribution in [2.45, 2.75) is 0 Å². The maximum Gasteiger partial charge on any atom is 0.321 e. The van der Waals surface area contributed by atoms with Crippen LogP contribution in [-0.2, 0) is 0 Å². The number of rotatable bonds is 2. The summed E-state index contributed by atoms with van der Waals surface area (Å²) >= 11 is 5.92. The zero-order valence-electron chi connectivity index (χ0n) is 8.69. The smallest absolute Gasteiger partial charge is 0.321 e. The molecule has 0 atom stereocenters. The van der Waals surface area contributed by atoms with E-state index < -0.39 is 0 Å². The number of para-hydroxylation sites is 1. The zero-order chi connectivity index (χ0) is 11.5. The molecule has 1 aromatic carbocycles. The Morgan fingerprint density at radius 3 is 2.81 bits per heavy atom. The number of aliphatic hydroxyl groups is 1. The maximum absolute atomic E-state index is 11.7. The predicted octanol–water partition coefficient (Wildman–Crippen LogP) is 1.80. The lowest BCUT2D eigenvalue weighted by Gasteiger charge is -2.38. The third-order valence-corrected chi connectivity index (χ3v) is 2.95. The number of anilines is 1. The van der Waals surface area contributed by atoms with E-state index >= 15 is 0 Å². The number of urea groups is 1. The third kappa shape index (κ3) is 2.28. The molecule has 0 saturated carbocycles. The SMILES string of the molecule is O=C(Nc1ccccc1Cl)N1CC(CO)C1. The zero-order valence-corrected chi connectivity index (χ0v) is 9.44. The minimum Gasteiger partial charge on any atom is -0.396 e. The van der Waals surface area contributed by atoms with Gasteiger partial charge < -0.3 is 15.3 Å². The Balaban J connectivity index is 1.91. The summed E-state index contributed by atoms with van der Waals surface area (Å²) in [6, 6.07) is 6.93. The van der Waals surface area contributed by atoms with E-state index in [-0.39, 0.29) is 18.6 Å². The molecule has 4 nitrogen and oxygen atoms in total. The highest BCUT2D eigenvalue weighted by atomic mass is 35.5. The number of carbonyl (C=O) groups is 1. The van der Waals surface area contributed by atoms with Crippen molar-refractivity contribution < 1.29 is 9.90 Å². The molecule has 0 spiro atoms.